The van der Waals surface area contributed by atoms with E-state index >= 15 is 0 Å². The molecule has 0 bridgehead atoms. The average Bonchev–Trinajstić information content (AvgIpc) is 3.20. The van der Waals surface area contributed by atoms with Gasteiger partial charge < -0.3 is 10.1 Å². The van der Waals surface area contributed by atoms with Gasteiger partial charge in [0.2, 0.25) is 0 Å². The molecule has 0 saturated carbocycles. The Hall–Kier alpha value is -2.50. The Balaban J connectivity index is 1.49. The van der Waals surface area contributed by atoms with Gasteiger partial charge in [-0.1, -0.05) is 36.4 Å². The molecule has 1 saturated heterocycles. The molecule has 4 nitrogen and oxygen atoms in total. The summed E-state index contributed by atoms with van der Waals surface area (Å²) in [4.78, 5) is 18.6. The van der Waals surface area contributed by atoms with E-state index in [0.29, 0.717) is 11.4 Å². The monoisotopic (exact) mass is 364 g/mol. The van der Waals surface area contributed by atoms with Crippen LogP contribution in [-0.2, 0) is 4.74 Å². The zero-order chi connectivity index (χ0) is 17.8. The molecule has 0 radical (unpaired) electrons. The quantitative estimate of drug-likeness (QED) is 0.708. The molecule has 2 atom stereocenters. The number of carbonyl (C=O) groups excluding carboxylic acids is 1. The molecule has 1 aliphatic rings. The summed E-state index contributed by atoms with van der Waals surface area (Å²) in [6, 6.07) is 19.8. The highest BCUT2D eigenvalue weighted by Crippen LogP contribution is 2.30. The number of hydrogen-bond donors (Lipinski definition) is 1. The lowest BCUT2D eigenvalue weighted by molar-refractivity contribution is 0.0188. The fourth-order valence-electron chi connectivity index (χ4n) is 3.32. The summed E-state index contributed by atoms with van der Waals surface area (Å²) < 4.78 is 5.88. The van der Waals surface area contributed by atoms with E-state index in [-0.39, 0.29) is 18.0 Å². The van der Waals surface area contributed by atoms with E-state index in [1.807, 2.05) is 48.5 Å². The second-order valence-corrected chi connectivity index (χ2v) is 7.42. The molecule has 1 aromatic carbocycles. The molecule has 0 unspecified atom stereocenters. The van der Waals surface area contributed by atoms with Crippen LogP contribution >= 0.6 is 11.3 Å². The van der Waals surface area contributed by atoms with Crippen molar-refractivity contribution >= 4 is 17.3 Å². The highest BCUT2D eigenvalue weighted by molar-refractivity contribution is 7.17. The number of carbonyl (C=O) groups is 1. The maximum atomic E-state index is 12.7. The van der Waals surface area contributed by atoms with E-state index in [0.717, 1.165) is 23.5 Å². The minimum absolute atomic E-state index is 0.154. The van der Waals surface area contributed by atoms with Crippen molar-refractivity contribution in [2.24, 2.45) is 0 Å². The SMILES string of the molecule is O=C(O[C@@H]1CNCC[C@H]1c1ccccc1)c1ccc(-c2ccccn2)s1. The molecule has 3 heterocycles. The molecule has 2 aromatic heterocycles. The van der Waals surface area contributed by atoms with Crippen LogP contribution in [0.5, 0.6) is 0 Å². The molecule has 0 spiro atoms. The Morgan fingerprint density at radius 3 is 2.73 bits per heavy atom. The summed E-state index contributed by atoms with van der Waals surface area (Å²) in [5, 5.41) is 3.34. The second-order valence-electron chi connectivity index (χ2n) is 6.33. The first-order chi connectivity index (χ1) is 12.8. The Morgan fingerprint density at radius 2 is 1.92 bits per heavy atom. The fraction of sp³-hybridized carbons (Fsp3) is 0.238. The molecular weight excluding hydrogens is 344 g/mol. The lowest BCUT2D eigenvalue weighted by atomic mass is 9.88. The summed E-state index contributed by atoms with van der Waals surface area (Å²) in [6.45, 7) is 1.63. The number of hydrogen-bond acceptors (Lipinski definition) is 5. The molecule has 0 amide bonds. The predicted octanol–water partition coefficient (Wildman–Crippen LogP) is 4.11. The number of nitrogens with one attached hydrogen (secondary N) is 1. The third-order valence-corrected chi connectivity index (χ3v) is 5.72. The fourth-order valence-corrected chi connectivity index (χ4v) is 4.19. The van der Waals surface area contributed by atoms with Crippen molar-refractivity contribution in [1.82, 2.24) is 10.3 Å². The maximum absolute atomic E-state index is 12.7. The number of pyridine rings is 1. The summed E-state index contributed by atoms with van der Waals surface area (Å²) in [6.07, 6.45) is 2.57. The van der Waals surface area contributed by atoms with Crippen LogP contribution in [0.1, 0.15) is 27.6 Å². The standard InChI is InChI=1S/C21H20N2O2S/c24-21(20-10-9-19(26-20)17-8-4-5-12-23-17)25-18-14-22-13-11-16(18)15-6-2-1-3-7-15/h1-10,12,16,18,22H,11,13-14H2/t16-,18+/m0/s1. The van der Waals surface area contributed by atoms with Gasteiger partial charge >= 0.3 is 5.97 Å². The summed E-state index contributed by atoms with van der Waals surface area (Å²) in [5.41, 5.74) is 2.10. The van der Waals surface area contributed by atoms with E-state index < -0.39 is 0 Å². The van der Waals surface area contributed by atoms with Crippen LogP contribution in [0.15, 0.2) is 66.9 Å². The van der Waals surface area contributed by atoms with Crippen molar-refractivity contribution < 1.29 is 9.53 Å². The molecule has 3 aromatic rings. The van der Waals surface area contributed by atoms with E-state index in [4.69, 9.17) is 4.74 Å². The lowest BCUT2D eigenvalue weighted by Gasteiger charge is -2.32. The van der Waals surface area contributed by atoms with Gasteiger partial charge in [-0.15, -0.1) is 11.3 Å². The smallest absolute Gasteiger partial charge is 0.348 e. The minimum atomic E-state index is -0.258. The van der Waals surface area contributed by atoms with Gasteiger partial charge in [-0.2, -0.15) is 0 Å². The normalized spacial score (nSPS) is 19.8. The first-order valence-corrected chi connectivity index (χ1v) is 9.61. The van der Waals surface area contributed by atoms with Crippen LogP contribution in [0, 0.1) is 0 Å². The Labute approximate surface area is 156 Å². The highest BCUT2D eigenvalue weighted by atomic mass is 32.1. The van der Waals surface area contributed by atoms with Crippen LogP contribution in [-0.4, -0.2) is 30.1 Å². The van der Waals surface area contributed by atoms with Gasteiger partial charge in [0.1, 0.15) is 11.0 Å². The Bertz CT molecular complexity index is 864. The van der Waals surface area contributed by atoms with E-state index in [1.54, 1.807) is 6.20 Å². The topological polar surface area (TPSA) is 51.2 Å². The van der Waals surface area contributed by atoms with Crippen molar-refractivity contribution in [1.29, 1.82) is 0 Å². The molecule has 1 fully saturated rings. The van der Waals surface area contributed by atoms with Crippen LogP contribution in [0.4, 0.5) is 0 Å². The number of benzene rings is 1. The molecule has 26 heavy (non-hydrogen) atoms. The van der Waals surface area contributed by atoms with E-state index in [1.165, 1.54) is 16.9 Å². The molecule has 0 aliphatic carbocycles. The number of aromatic nitrogens is 1. The number of rotatable bonds is 4. The van der Waals surface area contributed by atoms with E-state index in [2.05, 4.69) is 22.4 Å². The van der Waals surface area contributed by atoms with Gasteiger partial charge in [0.25, 0.3) is 0 Å². The molecular formula is C21H20N2O2S. The van der Waals surface area contributed by atoms with Gasteiger partial charge in [0.05, 0.1) is 10.6 Å². The zero-order valence-corrected chi connectivity index (χ0v) is 15.1. The van der Waals surface area contributed by atoms with Gasteiger partial charge in [-0.25, -0.2) is 4.79 Å². The molecule has 1 aliphatic heterocycles. The number of piperidine rings is 1. The van der Waals surface area contributed by atoms with Crippen molar-refractivity contribution in [3.63, 3.8) is 0 Å². The number of ether oxygens (including phenoxy) is 1. The van der Waals surface area contributed by atoms with Crippen LogP contribution in [0.3, 0.4) is 0 Å². The first-order valence-electron chi connectivity index (χ1n) is 8.79. The minimum Gasteiger partial charge on any atom is -0.456 e. The predicted molar refractivity (Wildman–Crippen MR) is 103 cm³/mol. The first kappa shape index (κ1) is 16.9. The van der Waals surface area contributed by atoms with Gasteiger partial charge in [0.15, 0.2) is 0 Å². The van der Waals surface area contributed by atoms with Gasteiger partial charge in [-0.05, 0) is 42.8 Å². The largest absolute Gasteiger partial charge is 0.456 e. The lowest BCUT2D eigenvalue weighted by Crippen LogP contribution is -2.42. The molecule has 4 rings (SSSR count). The average molecular weight is 364 g/mol. The molecule has 5 heteroatoms. The Kier molecular flexibility index (Phi) is 5.09. The van der Waals surface area contributed by atoms with Crippen molar-refractivity contribution in [2.75, 3.05) is 13.1 Å². The second kappa shape index (κ2) is 7.81. The van der Waals surface area contributed by atoms with Crippen molar-refractivity contribution in [2.45, 2.75) is 18.4 Å². The maximum Gasteiger partial charge on any atom is 0.348 e. The Morgan fingerprint density at radius 1 is 1.08 bits per heavy atom. The number of esters is 1. The highest BCUT2D eigenvalue weighted by Gasteiger charge is 2.30. The number of thiophene rings is 1. The van der Waals surface area contributed by atoms with E-state index in [9.17, 15) is 4.79 Å². The number of nitrogens with zero attached hydrogens (tertiary/aromatic N) is 1. The molecule has 1 N–H and O–H groups in total. The third kappa shape index (κ3) is 3.69. The summed E-state index contributed by atoms with van der Waals surface area (Å²) >= 11 is 1.42. The van der Waals surface area contributed by atoms with Crippen LogP contribution < -0.4 is 5.32 Å². The molecule has 132 valence electrons. The van der Waals surface area contributed by atoms with Crippen LogP contribution in [0.2, 0.25) is 0 Å². The summed E-state index contributed by atoms with van der Waals surface area (Å²) in [5.74, 6) is -0.0246. The summed E-state index contributed by atoms with van der Waals surface area (Å²) in [7, 11) is 0. The third-order valence-electron chi connectivity index (χ3n) is 4.64. The van der Waals surface area contributed by atoms with Crippen molar-refractivity contribution in [3.05, 3.63) is 77.3 Å². The zero-order valence-electron chi connectivity index (χ0n) is 14.3. The van der Waals surface area contributed by atoms with Crippen molar-refractivity contribution in [3.8, 4) is 10.6 Å². The van der Waals surface area contributed by atoms with Crippen LogP contribution in [0.25, 0.3) is 10.6 Å². The van der Waals surface area contributed by atoms with Gasteiger partial charge in [-0.3, -0.25) is 4.98 Å². The van der Waals surface area contributed by atoms with Gasteiger partial charge in [0, 0.05) is 18.7 Å².